The minimum atomic E-state index is -1.07. The summed E-state index contributed by atoms with van der Waals surface area (Å²) in [5, 5.41) is 14.0. The first-order chi connectivity index (χ1) is 16.8. The highest BCUT2D eigenvalue weighted by atomic mass is 32.2. The second kappa shape index (κ2) is 9.72. The zero-order valence-corrected chi connectivity index (χ0v) is 20.6. The maximum absolute atomic E-state index is 12.6. The average molecular weight is 521 g/mol. The Bertz CT molecular complexity index is 1300. The van der Waals surface area contributed by atoms with Crippen LogP contribution in [0, 0.1) is 0 Å². The van der Waals surface area contributed by atoms with Gasteiger partial charge < -0.3 is 34.8 Å². The number of ether oxygens (including phenoxy) is 1. The van der Waals surface area contributed by atoms with Crippen molar-refractivity contribution >= 4 is 55.2 Å². The van der Waals surface area contributed by atoms with Crippen LogP contribution in [0.15, 0.2) is 34.2 Å². The third-order valence-corrected chi connectivity index (χ3v) is 7.20. The minimum Gasteiger partial charge on any atom is -0.386 e. The predicted octanol–water partition coefficient (Wildman–Crippen LogP) is 0.681. The Balaban J connectivity index is 1.40. The number of carbonyl (C=O) groups excluding carboxylic acids is 1. The number of anilines is 3. The molecule has 0 saturated carbocycles. The number of aliphatic hydroxyl groups is 1. The number of nitrogens with zero attached hydrogens (tertiary/aromatic N) is 4. The number of H-pyrrole nitrogens is 1. The summed E-state index contributed by atoms with van der Waals surface area (Å²) in [7, 11) is 3.66. The molecule has 1 aromatic carbocycles. The summed E-state index contributed by atoms with van der Waals surface area (Å²) in [6, 6.07) is 7.42. The number of nitrogen functional groups attached to an aromatic ring is 1. The number of nitrogens with one attached hydrogen (secondary N) is 2. The number of aliphatic hydroxyl groups excluding tert-OH is 1. The van der Waals surface area contributed by atoms with Gasteiger partial charge in [0.2, 0.25) is 11.9 Å². The first kappa shape index (κ1) is 24.0. The smallest absolute Gasteiger partial charge is 0.280 e. The van der Waals surface area contributed by atoms with Crippen molar-refractivity contribution in [1.82, 2.24) is 19.5 Å². The van der Waals surface area contributed by atoms with Gasteiger partial charge in [-0.2, -0.15) is 4.98 Å². The lowest BCUT2D eigenvalue weighted by atomic mass is 10.1. The Morgan fingerprint density at radius 3 is 2.86 bits per heavy atom. The molecule has 0 aliphatic carbocycles. The molecule has 5 rings (SSSR count). The molecule has 2 aromatic heterocycles. The van der Waals surface area contributed by atoms with Crippen LogP contribution in [0.2, 0.25) is 0 Å². The lowest BCUT2D eigenvalue weighted by molar-refractivity contribution is -0.113. The lowest BCUT2D eigenvalue weighted by Gasteiger charge is -2.24. The van der Waals surface area contributed by atoms with Gasteiger partial charge in [-0.05, 0) is 24.3 Å². The van der Waals surface area contributed by atoms with Crippen LogP contribution in [0.4, 0.5) is 17.3 Å². The van der Waals surface area contributed by atoms with Gasteiger partial charge in [-0.1, -0.05) is 11.8 Å². The number of fused-ring (bicyclic) bond motifs is 2. The van der Waals surface area contributed by atoms with Crippen LogP contribution < -0.4 is 21.5 Å². The van der Waals surface area contributed by atoms with E-state index in [-0.39, 0.29) is 49.6 Å². The number of thioether (sulfide) groups is 1. The molecule has 0 radical (unpaired) electrons. The van der Waals surface area contributed by atoms with E-state index in [2.05, 4.69) is 20.3 Å². The van der Waals surface area contributed by atoms with Gasteiger partial charge in [-0.25, -0.2) is 4.98 Å². The minimum absolute atomic E-state index is 0.0111. The number of carbonyl (C=O) groups is 1. The molecule has 2 aliphatic heterocycles. The molecule has 3 aromatic rings. The summed E-state index contributed by atoms with van der Waals surface area (Å²) in [4.78, 5) is 38.1. The molecular weight excluding hydrogens is 497 g/mol. The molecule has 15 heteroatoms. The molecule has 0 spiro atoms. The Hall–Kier alpha value is -2.74. The zero-order valence-electron chi connectivity index (χ0n) is 18.8. The fourth-order valence-electron chi connectivity index (χ4n) is 3.90. The number of amides is 1. The SMILES string of the molecule is CN(C)c1ccc(NC(=O)CSc2nc3c(=O)[nH]c(N)nc3n2C2OC3COPOC3C2O)cc1. The molecule has 0 bridgehead atoms. The quantitative estimate of drug-likeness (QED) is 0.266. The fourth-order valence-corrected chi connectivity index (χ4v) is 5.42. The van der Waals surface area contributed by atoms with Crippen molar-refractivity contribution in [2.75, 3.05) is 42.4 Å². The highest BCUT2D eigenvalue weighted by Gasteiger charge is 2.48. The highest BCUT2D eigenvalue weighted by Crippen LogP contribution is 2.41. The molecule has 13 nitrogen and oxygen atoms in total. The van der Waals surface area contributed by atoms with E-state index in [1.165, 1.54) is 4.57 Å². The van der Waals surface area contributed by atoms with Crippen LogP contribution >= 0.6 is 20.8 Å². The molecule has 5 atom stereocenters. The van der Waals surface area contributed by atoms with Gasteiger partial charge in [0.15, 0.2) is 31.6 Å². The van der Waals surface area contributed by atoms with Crippen LogP contribution in [-0.4, -0.2) is 75.3 Å². The van der Waals surface area contributed by atoms with Gasteiger partial charge in [0, 0.05) is 25.5 Å². The number of nitrogens with two attached hydrogens (primary N) is 1. The first-order valence-corrected chi connectivity index (χ1v) is 12.5. The van der Waals surface area contributed by atoms with Crippen molar-refractivity contribution in [2.45, 2.75) is 29.7 Å². The van der Waals surface area contributed by atoms with E-state index in [0.717, 1.165) is 17.4 Å². The molecule has 186 valence electrons. The van der Waals surface area contributed by atoms with Gasteiger partial charge in [0.25, 0.3) is 5.56 Å². The van der Waals surface area contributed by atoms with Crippen molar-refractivity contribution in [2.24, 2.45) is 0 Å². The number of aromatic nitrogens is 4. The van der Waals surface area contributed by atoms with Crippen LogP contribution in [0.1, 0.15) is 6.23 Å². The normalized spacial score (nSPS) is 24.5. The molecule has 2 aliphatic rings. The molecule has 5 unspecified atom stereocenters. The number of rotatable bonds is 6. The summed E-state index contributed by atoms with van der Waals surface area (Å²) in [6.07, 6.45) is -3.13. The average Bonchev–Trinajstić information content (AvgIpc) is 3.35. The topological polar surface area (TPSA) is 170 Å². The summed E-state index contributed by atoms with van der Waals surface area (Å²) in [6.45, 7) is 0.261. The molecule has 2 fully saturated rings. The van der Waals surface area contributed by atoms with Crippen LogP contribution in [0.5, 0.6) is 0 Å². The summed E-state index contributed by atoms with van der Waals surface area (Å²) in [5.41, 5.74) is 7.04. The van der Waals surface area contributed by atoms with Gasteiger partial charge in [0.05, 0.1) is 12.4 Å². The Morgan fingerprint density at radius 2 is 2.14 bits per heavy atom. The van der Waals surface area contributed by atoms with Crippen LogP contribution in [-0.2, 0) is 18.6 Å². The number of imidazole rings is 1. The maximum Gasteiger partial charge on any atom is 0.280 e. The number of hydrogen-bond acceptors (Lipinski definition) is 11. The lowest BCUT2D eigenvalue weighted by Crippen LogP contribution is -2.37. The van der Waals surface area contributed by atoms with E-state index in [9.17, 15) is 14.7 Å². The third kappa shape index (κ3) is 4.73. The van der Waals surface area contributed by atoms with E-state index in [1.807, 2.05) is 43.3 Å². The van der Waals surface area contributed by atoms with Gasteiger partial charge in [-0.15, -0.1) is 0 Å². The molecule has 35 heavy (non-hydrogen) atoms. The fraction of sp³-hybridized carbons (Fsp3) is 0.400. The van der Waals surface area contributed by atoms with Crippen LogP contribution in [0.3, 0.4) is 0 Å². The standard InChI is InChI=1S/C20H24N7O6PS/c1-26(2)10-5-3-9(4-6-10)22-12(28)8-35-20-23-13-16(24-19(21)25-17(13)30)27(20)18-14(29)15-11(32-18)7-31-34-33-15/h3-6,11,14-15,18,29,34H,7-8H2,1-2H3,(H,22,28)(H3,21,24,25,30). The van der Waals surface area contributed by atoms with E-state index in [1.54, 1.807) is 0 Å². The largest absolute Gasteiger partial charge is 0.386 e. The molecule has 4 heterocycles. The van der Waals surface area contributed by atoms with Crippen molar-refractivity contribution in [3.63, 3.8) is 0 Å². The first-order valence-electron chi connectivity index (χ1n) is 10.7. The van der Waals surface area contributed by atoms with E-state index >= 15 is 0 Å². The second-order valence-electron chi connectivity index (χ2n) is 8.20. The van der Waals surface area contributed by atoms with Crippen molar-refractivity contribution in [3.8, 4) is 0 Å². The molecular formula is C20H24N7O6PS. The number of hydrogen-bond donors (Lipinski definition) is 4. The summed E-state index contributed by atoms with van der Waals surface area (Å²) < 4.78 is 18.3. The second-order valence-corrected chi connectivity index (χ2v) is 9.83. The number of benzene rings is 1. The Morgan fingerprint density at radius 1 is 1.37 bits per heavy atom. The van der Waals surface area contributed by atoms with Gasteiger partial charge in [0.1, 0.15) is 18.3 Å². The zero-order chi connectivity index (χ0) is 24.7. The van der Waals surface area contributed by atoms with Gasteiger partial charge >= 0.3 is 0 Å². The Labute approximate surface area is 205 Å². The van der Waals surface area contributed by atoms with E-state index in [0.29, 0.717) is 5.69 Å². The highest BCUT2D eigenvalue weighted by molar-refractivity contribution is 7.99. The van der Waals surface area contributed by atoms with Crippen LogP contribution in [0.25, 0.3) is 11.2 Å². The summed E-state index contributed by atoms with van der Waals surface area (Å²) >= 11 is 1.08. The summed E-state index contributed by atoms with van der Waals surface area (Å²) in [5.74, 6) is -0.389. The van der Waals surface area contributed by atoms with E-state index < -0.39 is 30.1 Å². The van der Waals surface area contributed by atoms with E-state index in [4.69, 9.17) is 19.5 Å². The third-order valence-electron chi connectivity index (χ3n) is 5.59. The monoisotopic (exact) mass is 521 g/mol. The van der Waals surface area contributed by atoms with Crippen molar-refractivity contribution in [1.29, 1.82) is 0 Å². The van der Waals surface area contributed by atoms with Crippen molar-refractivity contribution < 1.29 is 23.7 Å². The maximum atomic E-state index is 12.6. The Kier molecular flexibility index (Phi) is 6.66. The molecule has 1 amide bonds. The molecule has 5 N–H and O–H groups in total. The predicted molar refractivity (Wildman–Crippen MR) is 132 cm³/mol. The molecule has 2 saturated heterocycles. The number of aromatic amines is 1. The van der Waals surface area contributed by atoms with Crippen molar-refractivity contribution in [3.05, 3.63) is 34.6 Å². The van der Waals surface area contributed by atoms with Gasteiger partial charge in [-0.3, -0.25) is 19.1 Å².